The number of methoxy groups -OCH3 is 1. The fourth-order valence-electron chi connectivity index (χ4n) is 2.84. The summed E-state index contributed by atoms with van der Waals surface area (Å²) in [5.74, 6) is 0.661. The standard InChI is InChI=1S/C20H30N4O2/c1-4-21-20(22-11-6-5-7-19(25)26-3)23-12-10-16-14-24-18-13-15(2)8-9-17(16)18/h8-9,13-14,24H,4-7,10-12H2,1-3H3,(H2,21,22,23). The molecule has 26 heavy (non-hydrogen) atoms. The molecule has 6 nitrogen and oxygen atoms in total. The van der Waals surface area contributed by atoms with Gasteiger partial charge in [0.05, 0.1) is 7.11 Å². The number of H-pyrrole nitrogens is 1. The third kappa shape index (κ3) is 6.10. The Hall–Kier alpha value is -2.50. The van der Waals surface area contributed by atoms with Crippen LogP contribution in [0.4, 0.5) is 0 Å². The number of nitrogens with one attached hydrogen (secondary N) is 3. The van der Waals surface area contributed by atoms with Crippen LogP contribution in [-0.2, 0) is 16.0 Å². The number of aromatic nitrogens is 1. The van der Waals surface area contributed by atoms with E-state index in [0.717, 1.165) is 38.3 Å². The van der Waals surface area contributed by atoms with E-state index in [2.05, 4.69) is 63.6 Å². The Labute approximate surface area is 155 Å². The Morgan fingerprint density at radius 1 is 1.27 bits per heavy atom. The first-order chi connectivity index (χ1) is 12.6. The molecule has 0 bridgehead atoms. The maximum Gasteiger partial charge on any atom is 0.305 e. The summed E-state index contributed by atoms with van der Waals surface area (Å²) in [4.78, 5) is 19.0. The molecule has 142 valence electrons. The number of esters is 1. The van der Waals surface area contributed by atoms with Gasteiger partial charge in [-0.2, -0.15) is 0 Å². The molecule has 0 amide bonds. The molecule has 0 aliphatic carbocycles. The monoisotopic (exact) mass is 358 g/mol. The van der Waals surface area contributed by atoms with Crippen LogP contribution in [0.3, 0.4) is 0 Å². The highest BCUT2D eigenvalue weighted by atomic mass is 16.5. The van der Waals surface area contributed by atoms with Crippen LogP contribution in [0.15, 0.2) is 29.4 Å². The Morgan fingerprint density at radius 3 is 2.88 bits per heavy atom. The van der Waals surface area contributed by atoms with Gasteiger partial charge >= 0.3 is 5.97 Å². The number of nitrogens with zero attached hydrogens (tertiary/aromatic N) is 1. The molecule has 0 aliphatic rings. The first-order valence-corrected chi connectivity index (χ1v) is 9.29. The number of fused-ring (bicyclic) bond motifs is 1. The summed E-state index contributed by atoms with van der Waals surface area (Å²) in [7, 11) is 1.42. The molecular weight excluding hydrogens is 328 g/mol. The van der Waals surface area contributed by atoms with Gasteiger partial charge in [-0.05, 0) is 50.3 Å². The first-order valence-electron chi connectivity index (χ1n) is 9.29. The maximum absolute atomic E-state index is 11.1. The van der Waals surface area contributed by atoms with Crippen molar-refractivity contribution in [3.05, 3.63) is 35.5 Å². The fourth-order valence-corrected chi connectivity index (χ4v) is 2.84. The number of rotatable bonds is 9. The molecule has 0 fully saturated rings. The van der Waals surface area contributed by atoms with E-state index >= 15 is 0 Å². The van der Waals surface area contributed by atoms with Crippen LogP contribution < -0.4 is 10.6 Å². The predicted molar refractivity (Wildman–Crippen MR) is 107 cm³/mol. The van der Waals surface area contributed by atoms with E-state index in [1.165, 1.54) is 29.1 Å². The number of carbonyl (C=O) groups is 1. The number of guanidine groups is 1. The van der Waals surface area contributed by atoms with Crippen molar-refractivity contribution in [2.24, 2.45) is 4.99 Å². The summed E-state index contributed by atoms with van der Waals surface area (Å²) in [5, 5.41) is 7.92. The van der Waals surface area contributed by atoms with Gasteiger partial charge in [0.25, 0.3) is 0 Å². The van der Waals surface area contributed by atoms with Crippen molar-refractivity contribution in [3.63, 3.8) is 0 Å². The van der Waals surface area contributed by atoms with Crippen LogP contribution in [-0.4, -0.2) is 43.7 Å². The quantitative estimate of drug-likeness (QED) is 0.279. The number of aliphatic imine (C=N–C) groups is 1. The zero-order chi connectivity index (χ0) is 18.8. The minimum atomic E-state index is -0.159. The highest BCUT2D eigenvalue weighted by molar-refractivity contribution is 5.84. The molecule has 0 radical (unpaired) electrons. The number of benzene rings is 1. The Balaban J connectivity index is 1.79. The van der Waals surface area contributed by atoms with Gasteiger partial charge in [0.1, 0.15) is 0 Å². The second-order valence-electron chi connectivity index (χ2n) is 6.33. The number of hydrogen-bond donors (Lipinski definition) is 3. The zero-order valence-electron chi connectivity index (χ0n) is 16.0. The maximum atomic E-state index is 11.1. The van der Waals surface area contributed by atoms with E-state index in [-0.39, 0.29) is 5.97 Å². The zero-order valence-corrected chi connectivity index (χ0v) is 16.0. The van der Waals surface area contributed by atoms with E-state index < -0.39 is 0 Å². The number of carbonyl (C=O) groups excluding carboxylic acids is 1. The Morgan fingerprint density at radius 2 is 2.12 bits per heavy atom. The van der Waals surface area contributed by atoms with E-state index in [1.807, 2.05) is 0 Å². The number of aromatic amines is 1. The van der Waals surface area contributed by atoms with Crippen LogP contribution in [0.1, 0.15) is 37.3 Å². The number of aryl methyl sites for hydroxylation is 1. The summed E-state index contributed by atoms with van der Waals surface area (Å²) < 4.78 is 4.64. The molecule has 0 saturated heterocycles. The van der Waals surface area contributed by atoms with Gasteiger partial charge in [-0.15, -0.1) is 0 Å². The normalized spacial score (nSPS) is 11.6. The smallest absolute Gasteiger partial charge is 0.305 e. The SMILES string of the molecule is CCNC(=NCCCCC(=O)OC)NCCc1c[nH]c2cc(C)ccc12. The molecule has 6 heteroatoms. The third-order valence-electron chi connectivity index (χ3n) is 4.24. The van der Waals surface area contributed by atoms with Crippen molar-refractivity contribution >= 4 is 22.8 Å². The van der Waals surface area contributed by atoms with Crippen molar-refractivity contribution in [3.8, 4) is 0 Å². The lowest BCUT2D eigenvalue weighted by molar-refractivity contribution is -0.140. The lowest BCUT2D eigenvalue weighted by Crippen LogP contribution is -2.38. The fraction of sp³-hybridized carbons (Fsp3) is 0.500. The molecule has 1 aromatic heterocycles. The van der Waals surface area contributed by atoms with Crippen molar-refractivity contribution in [2.75, 3.05) is 26.7 Å². The highest BCUT2D eigenvalue weighted by Gasteiger charge is 2.04. The Kier molecular flexibility index (Phi) is 7.99. The van der Waals surface area contributed by atoms with E-state index in [9.17, 15) is 4.79 Å². The average Bonchev–Trinajstić information content (AvgIpc) is 3.03. The van der Waals surface area contributed by atoms with Crippen LogP contribution in [0.5, 0.6) is 0 Å². The molecule has 0 spiro atoms. The second-order valence-corrected chi connectivity index (χ2v) is 6.33. The molecule has 0 aliphatic heterocycles. The average molecular weight is 358 g/mol. The minimum Gasteiger partial charge on any atom is -0.469 e. The summed E-state index contributed by atoms with van der Waals surface area (Å²) >= 11 is 0. The summed E-state index contributed by atoms with van der Waals surface area (Å²) in [5.41, 5.74) is 3.75. The number of hydrogen-bond acceptors (Lipinski definition) is 3. The second kappa shape index (κ2) is 10.5. The third-order valence-corrected chi connectivity index (χ3v) is 4.24. The van der Waals surface area contributed by atoms with Gasteiger partial charge in [0.2, 0.25) is 0 Å². The molecular formula is C20H30N4O2. The Bertz CT molecular complexity index is 736. The summed E-state index contributed by atoms with van der Waals surface area (Å²) in [6.07, 6.45) is 5.13. The van der Waals surface area contributed by atoms with Gasteiger partial charge in [0.15, 0.2) is 5.96 Å². The van der Waals surface area contributed by atoms with Crippen LogP contribution in [0.2, 0.25) is 0 Å². The number of unbranched alkanes of at least 4 members (excludes halogenated alkanes) is 1. The predicted octanol–water partition coefficient (Wildman–Crippen LogP) is 2.92. The molecule has 2 rings (SSSR count). The van der Waals surface area contributed by atoms with Gasteiger partial charge in [-0.3, -0.25) is 9.79 Å². The van der Waals surface area contributed by atoms with E-state index in [0.29, 0.717) is 13.0 Å². The molecule has 1 heterocycles. The summed E-state index contributed by atoms with van der Waals surface area (Å²) in [6, 6.07) is 6.50. The highest BCUT2D eigenvalue weighted by Crippen LogP contribution is 2.19. The lowest BCUT2D eigenvalue weighted by atomic mass is 10.1. The molecule has 3 N–H and O–H groups in total. The van der Waals surface area contributed by atoms with Gasteiger partial charge in [-0.1, -0.05) is 12.1 Å². The first kappa shape index (κ1) is 19.8. The van der Waals surface area contributed by atoms with Crippen LogP contribution in [0.25, 0.3) is 10.9 Å². The topological polar surface area (TPSA) is 78.5 Å². The van der Waals surface area contributed by atoms with Gasteiger partial charge in [-0.25, -0.2) is 0 Å². The summed E-state index contributed by atoms with van der Waals surface area (Å²) in [6.45, 7) is 6.48. The molecule has 0 saturated carbocycles. The van der Waals surface area contributed by atoms with Crippen molar-refractivity contribution in [1.82, 2.24) is 15.6 Å². The van der Waals surface area contributed by atoms with Crippen molar-refractivity contribution < 1.29 is 9.53 Å². The van der Waals surface area contributed by atoms with Gasteiger partial charge in [0, 0.05) is 43.2 Å². The number of ether oxygens (including phenoxy) is 1. The van der Waals surface area contributed by atoms with E-state index in [4.69, 9.17) is 0 Å². The van der Waals surface area contributed by atoms with Crippen LogP contribution >= 0.6 is 0 Å². The van der Waals surface area contributed by atoms with Crippen molar-refractivity contribution in [1.29, 1.82) is 0 Å². The van der Waals surface area contributed by atoms with Gasteiger partial charge < -0.3 is 20.4 Å². The molecule has 0 unspecified atom stereocenters. The largest absolute Gasteiger partial charge is 0.469 e. The van der Waals surface area contributed by atoms with Crippen molar-refractivity contribution in [2.45, 2.75) is 39.5 Å². The van der Waals surface area contributed by atoms with Crippen LogP contribution in [0, 0.1) is 6.92 Å². The molecule has 2 aromatic rings. The lowest BCUT2D eigenvalue weighted by Gasteiger charge is -2.11. The molecule has 0 atom stereocenters. The minimum absolute atomic E-state index is 0.159. The van der Waals surface area contributed by atoms with E-state index in [1.54, 1.807) is 0 Å². The molecule has 1 aromatic carbocycles.